The van der Waals surface area contributed by atoms with Crippen LogP contribution in [0.3, 0.4) is 0 Å². The van der Waals surface area contributed by atoms with Crippen LogP contribution in [0.2, 0.25) is 0 Å². The zero-order chi connectivity index (χ0) is 18.3. The highest BCUT2D eigenvalue weighted by atomic mass is 19.1. The summed E-state index contributed by atoms with van der Waals surface area (Å²) in [7, 11) is 1.52. The van der Waals surface area contributed by atoms with Gasteiger partial charge in [-0.2, -0.15) is 0 Å². The highest BCUT2D eigenvalue weighted by Gasteiger charge is 2.43. The van der Waals surface area contributed by atoms with Crippen LogP contribution < -0.4 is 5.43 Å². The summed E-state index contributed by atoms with van der Waals surface area (Å²) in [6.45, 7) is 0.479. The van der Waals surface area contributed by atoms with Crippen LogP contribution in [0.15, 0.2) is 57.7 Å². The van der Waals surface area contributed by atoms with E-state index < -0.39 is 17.8 Å². The fourth-order valence-electron chi connectivity index (χ4n) is 3.41. The van der Waals surface area contributed by atoms with Crippen molar-refractivity contribution in [3.8, 4) is 0 Å². The average Bonchev–Trinajstić information content (AvgIpc) is 2.93. The first-order valence-electron chi connectivity index (χ1n) is 8.23. The predicted molar refractivity (Wildman–Crippen MR) is 93.6 cm³/mol. The van der Waals surface area contributed by atoms with Crippen molar-refractivity contribution in [2.24, 2.45) is 0 Å². The first-order valence-corrected chi connectivity index (χ1v) is 8.23. The molecular weight excluding hydrogens is 337 g/mol. The molecule has 132 valence electrons. The Morgan fingerprint density at radius 2 is 1.85 bits per heavy atom. The third-order valence-corrected chi connectivity index (χ3v) is 4.61. The van der Waals surface area contributed by atoms with Crippen LogP contribution in [-0.2, 0) is 4.74 Å². The van der Waals surface area contributed by atoms with Crippen molar-refractivity contribution in [2.75, 3.05) is 20.3 Å². The molecule has 2 aromatic carbocycles. The van der Waals surface area contributed by atoms with Crippen LogP contribution in [0.5, 0.6) is 0 Å². The molecule has 0 fully saturated rings. The van der Waals surface area contributed by atoms with E-state index in [1.165, 1.54) is 18.1 Å². The highest BCUT2D eigenvalue weighted by Crippen LogP contribution is 2.38. The molecule has 1 aliphatic heterocycles. The Labute approximate surface area is 148 Å². The molecule has 0 saturated heterocycles. The second-order valence-corrected chi connectivity index (χ2v) is 6.09. The van der Waals surface area contributed by atoms with Crippen molar-refractivity contribution in [3.05, 3.63) is 81.5 Å². The molecule has 0 radical (unpaired) electrons. The molecule has 6 heteroatoms. The van der Waals surface area contributed by atoms with E-state index >= 15 is 0 Å². The zero-order valence-corrected chi connectivity index (χ0v) is 14.1. The van der Waals surface area contributed by atoms with E-state index in [-0.39, 0.29) is 35.5 Å². The number of hydrogen-bond donors (Lipinski definition) is 0. The van der Waals surface area contributed by atoms with Crippen LogP contribution in [-0.4, -0.2) is 31.1 Å². The maximum absolute atomic E-state index is 14.5. The summed E-state index contributed by atoms with van der Waals surface area (Å²) in [5, 5.41) is 0.369. The van der Waals surface area contributed by atoms with E-state index in [2.05, 4.69) is 0 Å². The molecule has 0 aliphatic carbocycles. The topological polar surface area (TPSA) is 59.8 Å². The number of para-hydroxylation sites is 1. The molecule has 0 N–H and O–H groups in total. The Morgan fingerprint density at radius 3 is 2.62 bits per heavy atom. The Morgan fingerprint density at radius 1 is 1.12 bits per heavy atom. The van der Waals surface area contributed by atoms with Gasteiger partial charge in [-0.25, -0.2) is 4.39 Å². The van der Waals surface area contributed by atoms with Crippen molar-refractivity contribution < 1.29 is 18.3 Å². The molecule has 1 amide bonds. The maximum Gasteiger partial charge on any atom is 0.290 e. The highest BCUT2D eigenvalue weighted by molar-refractivity contribution is 5.99. The van der Waals surface area contributed by atoms with Gasteiger partial charge in [-0.1, -0.05) is 30.3 Å². The first kappa shape index (κ1) is 16.5. The first-order chi connectivity index (χ1) is 12.6. The number of halogens is 1. The maximum atomic E-state index is 14.5. The fourth-order valence-corrected chi connectivity index (χ4v) is 3.41. The Hall–Kier alpha value is -2.99. The lowest BCUT2D eigenvalue weighted by Crippen LogP contribution is -2.33. The van der Waals surface area contributed by atoms with E-state index in [0.717, 1.165) is 0 Å². The van der Waals surface area contributed by atoms with Gasteiger partial charge in [-0.3, -0.25) is 9.59 Å². The van der Waals surface area contributed by atoms with Gasteiger partial charge in [0.25, 0.3) is 5.91 Å². The summed E-state index contributed by atoms with van der Waals surface area (Å²) in [5.74, 6) is -0.945. The molecule has 0 unspecified atom stereocenters. The Kier molecular flexibility index (Phi) is 4.05. The third kappa shape index (κ3) is 2.42. The number of carbonyl (C=O) groups is 1. The van der Waals surface area contributed by atoms with Crippen molar-refractivity contribution >= 4 is 16.9 Å². The number of carbonyl (C=O) groups excluding carboxylic acids is 1. The molecule has 3 aromatic rings. The Bertz CT molecular complexity index is 1060. The molecule has 5 nitrogen and oxygen atoms in total. The molecule has 1 aromatic heterocycles. The van der Waals surface area contributed by atoms with Crippen LogP contribution in [0.25, 0.3) is 11.0 Å². The summed E-state index contributed by atoms with van der Waals surface area (Å²) >= 11 is 0. The van der Waals surface area contributed by atoms with Crippen LogP contribution in [0.4, 0.5) is 4.39 Å². The minimum atomic E-state index is -0.838. The molecule has 0 saturated carbocycles. The van der Waals surface area contributed by atoms with Gasteiger partial charge in [-0.05, 0) is 18.2 Å². The molecule has 1 aliphatic rings. The lowest BCUT2D eigenvalue weighted by atomic mass is 9.98. The van der Waals surface area contributed by atoms with E-state index in [1.807, 2.05) is 0 Å². The van der Waals surface area contributed by atoms with Crippen molar-refractivity contribution in [2.45, 2.75) is 6.04 Å². The number of benzene rings is 2. The lowest BCUT2D eigenvalue weighted by molar-refractivity contribution is 0.0661. The second kappa shape index (κ2) is 6.38. The quantitative estimate of drug-likeness (QED) is 0.723. The van der Waals surface area contributed by atoms with Gasteiger partial charge in [0.15, 0.2) is 5.43 Å². The number of methoxy groups -OCH3 is 1. The molecule has 26 heavy (non-hydrogen) atoms. The summed E-state index contributed by atoms with van der Waals surface area (Å²) < 4.78 is 25.3. The number of amides is 1. The summed E-state index contributed by atoms with van der Waals surface area (Å²) in [6, 6.07) is 12.0. The van der Waals surface area contributed by atoms with E-state index in [4.69, 9.17) is 9.15 Å². The molecular formula is C20H16FNO4. The summed E-state index contributed by atoms with van der Waals surface area (Å²) in [5.41, 5.74) is 0.460. The van der Waals surface area contributed by atoms with Gasteiger partial charge in [0.05, 0.1) is 23.6 Å². The molecule has 0 spiro atoms. The SMILES string of the molecule is COCCN1C(=O)c2oc3ccccc3c(=O)c2[C@H]1c1ccccc1F. The summed E-state index contributed by atoms with van der Waals surface area (Å²) in [4.78, 5) is 27.4. The third-order valence-electron chi connectivity index (χ3n) is 4.61. The monoisotopic (exact) mass is 353 g/mol. The molecule has 0 bridgehead atoms. The minimum Gasteiger partial charge on any atom is -0.450 e. The second-order valence-electron chi connectivity index (χ2n) is 6.09. The number of ether oxygens (including phenoxy) is 1. The zero-order valence-electron chi connectivity index (χ0n) is 14.1. The molecule has 1 atom stereocenters. The predicted octanol–water partition coefficient (Wildman–Crippen LogP) is 3.12. The van der Waals surface area contributed by atoms with Crippen LogP contribution in [0, 0.1) is 5.82 Å². The average molecular weight is 353 g/mol. The van der Waals surface area contributed by atoms with Gasteiger partial charge in [-0.15, -0.1) is 0 Å². The van der Waals surface area contributed by atoms with Gasteiger partial charge in [0.1, 0.15) is 11.4 Å². The van der Waals surface area contributed by atoms with Crippen molar-refractivity contribution in [1.29, 1.82) is 0 Å². The van der Waals surface area contributed by atoms with Crippen molar-refractivity contribution in [3.63, 3.8) is 0 Å². The van der Waals surface area contributed by atoms with Crippen molar-refractivity contribution in [1.82, 2.24) is 4.90 Å². The van der Waals surface area contributed by atoms with Crippen LogP contribution in [0.1, 0.15) is 27.7 Å². The van der Waals surface area contributed by atoms with E-state index in [1.54, 1.807) is 42.5 Å². The lowest BCUT2D eigenvalue weighted by Gasteiger charge is -2.25. The van der Waals surface area contributed by atoms with Gasteiger partial charge >= 0.3 is 0 Å². The number of rotatable bonds is 4. The summed E-state index contributed by atoms with van der Waals surface area (Å²) in [6.07, 6.45) is 0. The Balaban J connectivity index is 2.00. The van der Waals surface area contributed by atoms with E-state index in [9.17, 15) is 14.0 Å². The standard InChI is InChI=1S/C20H16FNO4/c1-25-11-10-22-17(12-6-2-4-8-14(12)21)16-18(23)13-7-3-5-9-15(13)26-19(16)20(22)24/h2-9,17H,10-11H2,1H3/t17-/m1/s1. The molecule has 2 heterocycles. The number of nitrogens with zero attached hydrogens (tertiary/aromatic N) is 1. The van der Waals surface area contributed by atoms with E-state index in [0.29, 0.717) is 11.0 Å². The van der Waals surface area contributed by atoms with Crippen LogP contribution >= 0.6 is 0 Å². The van der Waals surface area contributed by atoms with Gasteiger partial charge < -0.3 is 14.1 Å². The normalized spacial score (nSPS) is 16.3. The number of hydrogen-bond acceptors (Lipinski definition) is 4. The van der Waals surface area contributed by atoms with Gasteiger partial charge in [0.2, 0.25) is 5.76 Å². The minimum absolute atomic E-state index is 0.0296. The molecule has 4 rings (SSSR count). The largest absolute Gasteiger partial charge is 0.450 e. The smallest absolute Gasteiger partial charge is 0.290 e. The number of fused-ring (bicyclic) bond motifs is 2. The fraction of sp³-hybridized carbons (Fsp3) is 0.200. The van der Waals surface area contributed by atoms with Gasteiger partial charge in [0, 0.05) is 19.2 Å².